The standard InChI is InChI=1S/C4H7F2O/c1-2-7-3-4(5)6/h2,4H,3H2,1H3. The molecule has 0 unspecified atom stereocenters. The molecule has 0 aromatic rings. The second kappa shape index (κ2) is 3.99. The summed E-state index contributed by atoms with van der Waals surface area (Å²) in [5.74, 6) is 0. The monoisotopic (exact) mass is 109 g/mol. The van der Waals surface area contributed by atoms with Crippen molar-refractivity contribution in [1.29, 1.82) is 0 Å². The first kappa shape index (κ1) is 6.82. The Morgan fingerprint density at radius 1 is 1.71 bits per heavy atom. The molecule has 0 atom stereocenters. The predicted octanol–water partition coefficient (Wildman–Crippen LogP) is 1.45. The van der Waals surface area contributed by atoms with Crippen molar-refractivity contribution in [3.63, 3.8) is 0 Å². The lowest BCUT2D eigenvalue weighted by molar-refractivity contribution is 0.0456. The summed E-state index contributed by atoms with van der Waals surface area (Å²) in [6, 6.07) is 0. The predicted molar refractivity (Wildman–Crippen MR) is 21.9 cm³/mol. The van der Waals surface area contributed by atoms with E-state index < -0.39 is 13.0 Å². The van der Waals surface area contributed by atoms with Crippen LogP contribution in [0.5, 0.6) is 0 Å². The fraction of sp³-hybridized carbons (Fsp3) is 0.750. The van der Waals surface area contributed by atoms with Gasteiger partial charge in [0.05, 0.1) is 6.61 Å². The highest BCUT2D eigenvalue weighted by molar-refractivity contribution is 4.37. The molecule has 0 amide bonds. The van der Waals surface area contributed by atoms with Crippen LogP contribution in [-0.4, -0.2) is 13.0 Å². The summed E-state index contributed by atoms with van der Waals surface area (Å²) in [5.41, 5.74) is 0. The van der Waals surface area contributed by atoms with Crippen molar-refractivity contribution in [2.75, 3.05) is 6.61 Å². The number of rotatable bonds is 3. The molecule has 0 N–H and O–H groups in total. The maximum Gasteiger partial charge on any atom is 0.261 e. The van der Waals surface area contributed by atoms with Crippen molar-refractivity contribution in [2.24, 2.45) is 0 Å². The Morgan fingerprint density at radius 2 is 2.29 bits per heavy atom. The molecule has 0 aromatic heterocycles. The largest absolute Gasteiger partial charge is 0.370 e. The Hall–Kier alpha value is -0.180. The molecule has 1 radical (unpaired) electrons. The molecule has 0 heterocycles. The van der Waals surface area contributed by atoms with E-state index in [1.807, 2.05) is 0 Å². The first-order valence-electron chi connectivity index (χ1n) is 1.95. The molecule has 43 valence electrons. The molecular formula is C4H7F2O. The minimum atomic E-state index is -2.35. The van der Waals surface area contributed by atoms with Gasteiger partial charge >= 0.3 is 0 Å². The smallest absolute Gasteiger partial charge is 0.261 e. The van der Waals surface area contributed by atoms with E-state index in [1.54, 1.807) is 6.92 Å². The van der Waals surface area contributed by atoms with Crippen LogP contribution >= 0.6 is 0 Å². The van der Waals surface area contributed by atoms with Gasteiger partial charge in [0.25, 0.3) is 6.43 Å². The Labute approximate surface area is 41.3 Å². The molecule has 0 fully saturated rings. The lowest BCUT2D eigenvalue weighted by Gasteiger charge is -1.94. The molecule has 0 aliphatic carbocycles. The Bertz CT molecular complexity index is 38.7. The van der Waals surface area contributed by atoms with E-state index in [9.17, 15) is 8.78 Å². The average Bonchev–Trinajstić information content (AvgIpc) is 1.61. The van der Waals surface area contributed by atoms with Crippen molar-refractivity contribution in [3.05, 3.63) is 6.61 Å². The van der Waals surface area contributed by atoms with Gasteiger partial charge in [0.2, 0.25) is 0 Å². The van der Waals surface area contributed by atoms with Crippen LogP contribution in [0.4, 0.5) is 8.78 Å². The van der Waals surface area contributed by atoms with E-state index in [2.05, 4.69) is 4.74 Å². The zero-order chi connectivity index (χ0) is 5.70. The van der Waals surface area contributed by atoms with Crippen molar-refractivity contribution in [1.82, 2.24) is 0 Å². The van der Waals surface area contributed by atoms with E-state index in [0.29, 0.717) is 0 Å². The summed E-state index contributed by atoms with van der Waals surface area (Å²) in [6.07, 6.45) is -2.35. The Morgan fingerprint density at radius 3 is 2.43 bits per heavy atom. The highest BCUT2D eigenvalue weighted by Crippen LogP contribution is 1.92. The maximum absolute atomic E-state index is 11.1. The number of hydrogen-bond acceptors (Lipinski definition) is 1. The number of ether oxygens (including phenoxy) is 1. The highest BCUT2D eigenvalue weighted by Gasteiger charge is 1.98. The summed E-state index contributed by atoms with van der Waals surface area (Å²) in [4.78, 5) is 0. The summed E-state index contributed by atoms with van der Waals surface area (Å²) in [5, 5.41) is 0. The van der Waals surface area contributed by atoms with Crippen LogP contribution < -0.4 is 0 Å². The van der Waals surface area contributed by atoms with Gasteiger partial charge in [0, 0.05) is 0 Å². The molecule has 0 saturated carbocycles. The molecule has 0 aliphatic heterocycles. The van der Waals surface area contributed by atoms with Gasteiger partial charge < -0.3 is 4.74 Å². The fourth-order valence-electron chi connectivity index (χ4n) is 0.169. The summed E-state index contributed by atoms with van der Waals surface area (Å²) in [6.45, 7) is 2.31. The first-order valence-corrected chi connectivity index (χ1v) is 1.95. The van der Waals surface area contributed by atoms with E-state index in [-0.39, 0.29) is 0 Å². The first-order chi connectivity index (χ1) is 3.27. The van der Waals surface area contributed by atoms with Crippen LogP contribution in [0.3, 0.4) is 0 Å². The highest BCUT2D eigenvalue weighted by atomic mass is 19.3. The van der Waals surface area contributed by atoms with Crippen LogP contribution in [0.15, 0.2) is 0 Å². The molecule has 1 nitrogen and oxygen atoms in total. The van der Waals surface area contributed by atoms with E-state index >= 15 is 0 Å². The van der Waals surface area contributed by atoms with Gasteiger partial charge in [-0.2, -0.15) is 0 Å². The van der Waals surface area contributed by atoms with E-state index in [4.69, 9.17) is 0 Å². The Balaban J connectivity index is 2.68. The molecule has 0 rings (SSSR count). The number of alkyl halides is 2. The van der Waals surface area contributed by atoms with Gasteiger partial charge in [-0.05, 0) is 6.92 Å². The second-order valence-corrected chi connectivity index (χ2v) is 0.960. The molecule has 0 aromatic carbocycles. The molecule has 0 spiro atoms. The van der Waals surface area contributed by atoms with Crippen molar-refractivity contribution >= 4 is 0 Å². The normalized spacial score (nSPS) is 10.3. The van der Waals surface area contributed by atoms with Crippen LogP contribution in [0.1, 0.15) is 6.92 Å². The third kappa shape index (κ3) is 5.82. The minimum absolute atomic E-state index is 0.490. The van der Waals surface area contributed by atoms with Crippen LogP contribution in [0, 0.1) is 6.61 Å². The van der Waals surface area contributed by atoms with E-state index in [1.165, 1.54) is 6.61 Å². The Kier molecular flexibility index (Phi) is 3.89. The maximum atomic E-state index is 11.1. The molecule has 0 aliphatic rings. The van der Waals surface area contributed by atoms with Crippen LogP contribution in [-0.2, 0) is 4.74 Å². The molecular weight excluding hydrogens is 102 g/mol. The van der Waals surface area contributed by atoms with Gasteiger partial charge in [-0.1, -0.05) is 0 Å². The average molecular weight is 109 g/mol. The van der Waals surface area contributed by atoms with Crippen molar-refractivity contribution in [2.45, 2.75) is 13.3 Å². The van der Waals surface area contributed by atoms with Crippen molar-refractivity contribution < 1.29 is 13.5 Å². The molecule has 0 bridgehead atoms. The topological polar surface area (TPSA) is 9.23 Å². The third-order valence-electron chi connectivity index (χ3n) is 0.389. The number of halogens is 2. The number of hydrogen-bond donors (Lipinski definition) is 0. The lowest BCUT2D eigenvalue weighted by Crippen LogP contribution is -2.00. The molecule has 7 heavy (non-hydrogen) atoms. The van der Waals surface area contributed by atoms with Crippen molar-refractivity contribution in [3.8, 4) is 0 Å². The fourth-order valence-corrected chi connectivity index (χ4v) is 0.169. The van der Waals surface area contributed by atoms with Crippen LogP contribution in [0.25, 0.3) is 0 Å². The zero-order valence-corrected chi connectivity index (χ0v) is 4.03. The van der Waals surface area contributed by atoms with Gasteiger partial charge in [0.15, 0.2) is 0 Å². The summed E-state index contributed by atoms with van der Waals surface area (Å²) in [7, 11) is 0. The SMILES string of the molecule is C[CH]OCC(F)F. The molecule has 0 saturated heterocycles. The van der Waals surface area contributed by atoms with Gasteiger partial charge in [0.1, 0.15) is 6.61 Å². The van der Waals surface area contributed by atoms with E-state index in [0.717, 1.165) is 0 Å². The van der Waals surface area contributed by atoms with Gasteiger partial charge in [-0.15, -0.1) is 0 Å². The molecule has 3 heteroatoms. The minimum Gasteiger partial charge on any atom is -0.370 e. The summed E-state index contributed by atoms with van der Waals surface area (Å²) >= 11 is 0. The van der Waals surface area contributed by atoms with Gasteiger partial charge in [-0.3, -0.25) is 0 Å². The lowest BCUT2D eigenvalue weighted by atomic mass is 10.7. The van der Waals surface area contributed by atoms with Crippen LogP contribution in [0.2, 0.25) is 0 Å². The second-order valence-electron chi connectivity index (χ2n) is 0.960. The zero-order valence-electron chi connectivity index (χ0n) is 4.03. The quantitative estimate of drug-likeness (QED) is 0.533. The third-order valence-corrected chi connectivity index (χ3v) is 0.389. The van der Waals surface area contributed by atoms with Gasteiger partial charge in [-0.25, -0.2) is 8.78 Å². The summed E-state index contributed by atoms with van der Waals surface area (Å²) < 4.78 is 26.4.